The van der Waals surface area contributed by atoms with Crippen LogP contribution in [0.5, 0.6) is 0 Å². The Morgan fingerprint density at radius 1 is 0.660 bits per heavy atom. The van der Waals surface area contributed by atoms with Gasteiger partial charge < -0.3 is 35.2 Å². The number of hydrogen-bond donors (Lipinski definition) is 4. The predicted molar refractivity (Wildman–Crippen MR) is 195 cm³/mol. The maximum absolute atomic E-state index is 11.7. The summed E-state index contributed by atoms with van der Waals surface area (Å²) in [5.74, 6) is 0.100. The third kappa shape index (κ3) is 26.6. The normalized spacial score (nSPS) is 26.1. The lowest BCUT2D eigenvalue weighted by atomic mass is 9.95. The molecule has 3 saturated heterocycles. The Bertz CT molecular complexity index is 1190. The number of halogens is 1. The summed E-state index contributed by atoms with van der Waals surface area (Å²) < 4.78 is 75.3. The van der Waals surface area contributed by atoms with Crippen molar-refractivity contribution in [1.29, 1.82) is 0 Å². The Kier molecular flexibility index (Phi) is 22.3. The highest BCUT2D eigenvalue weighted by molar-refractivity contribution is 7.89. The third-order valence-corrected chi connectivity index (χ3v) is 8.88. The minimum atomic E-state index is -3.18. The zero-order valence-corrected chi connectivity index (χ0v) is 33.7. The highest BCUT2D eigenvalue weighted by Crippen LogP contribution is 2.24. The molecule has 0 aromatic heterocycles. The van der Waals surface area contributed by atoms with E-state index in [0.29, 0.717) is 45.8 Å². The lowest BCUT2D eigenvalue weighted by molar-refractivity contribution is -0.158. The molecule has 6 N–H and O–H groups in total. The Morgan fingerprint density at radius 2 is 1.02 bits per heavy atom. The fourth-order valence-electron chi connectivity index (χ4n) is 5.10. The number of rotatable bonds is 11. The molecule has 298 valence electrons. The molecule has 15 nitrogen and oxygen atoms in total. The van der Waals surface area contributed by atoms with Crippen molar-refractivity contribution in [3.8, 4) is 0 Å². The first-order valence-corrected chi connectivity index (χ1v) is 20.8. The highest BCUT2D eigenvalue weighted by atomic mass is 35.5. The van der Waals surface area contributed by atoms with Gasteiger partial charge in [0, 0.05) is 25.7 Å². The topological polar surface area (TPSA) is 225 Å². The van der Waals surface area contributed by atoms with Crippen LogP contribution in [0.4, 0.5) is 0 Å². The van der Waals surface area contributed by atoms with Crippen LogP contribution < -0.4 is 20.9 Å². The van der Waals surface area contributed by atoms with Crippen molar-refractivity contribution in [2.24, 2.45) is 23.3 Å². The summed E-state index contributed by atoms with van der Waals surface area (Å²) >= 11 is 0. The minimum Gasteiger partial charge on any atom is -0.460 e. The summed E-state index contributed by atoms with van der Waals surface area (Å²) in [5, 5.41) is 0. The number of nitrogens with one attached hydrogen (secondary N) is 2. The van der Waals surface area contributed by atoms with E-state index in [1.54, 1.807) is 0 Å². The van der Waals surface area contributed by atoms with Crippen molar-refractivity contribution in [2.45, 2.75) is 128 Å². The standard InChI is InChI=1S/C13H25NO5S.C12H23NO3.C7H16N2O3S.ClH/c1-13(2,3)19-12(15)7-10-5-6-11(18-9-10)8-14-20(4,16)17;1-12(2,3)16-11(14)6-9-4-5-10(7-13)15-8-9;1-13(10,11)9-4-7-3-2-6(8)5-12-7;/h10-11,14H,5-9H2,1-4H3;9-10H,4-8,13H2,1-3H3;6-7,9H,2-5,8H2,1H3;1H/t10-,11-;9-,10-;6-,7+;/m001./s1. The molecule has 3 rings (SSSR count). The van der Waals surface area contributed by atoms with E-state index in [-0.39, 0.29) is 67.1 Å². The summed E-state index contributed by atoms with van der Waals surface area (Å²) in [6, 6.07) is 0.106. The molecular formula is C32H65ClN4O11S2. The Morgan fingerprint density at radius 3 is 1.30 bits per heavy atom. The summed E-state index contributed by atoms with van der Waals surface area (Å²) in [7, 11) is -6.28. The largest absolute Gasteiger partial charge is 0.460 e. The van der Waals surface area contributed by atoms with Crippen molar-refractivity contribution in [3.63, 3.8) is 0 Å². The molecule has 6 atom stereocenters. The molecule has 50 heavy (non-hydrogen) atoms. The zero-order chi connectivity index (χ0) is 37.5. The summed E-state index contributed by atoms with van der Waals surface area (Å²) in [4.78, 5) is 23.3. The molecule has 3 aliphatic rings. The fourth-order valence-corrected chi connectivity index (χ4v) is 6.08. The summed E-state index contributed by atoms with van der Waals surface area (Å²) in [5.41, 5.74) is 10.3. The van der Waals surface area contributed by atoms with Crippen molar-refractivity contribution in [2.75, 3.05) is 52.0 Å². The molecule has 0 aliphatic carbocycles. The number of carbonyl (C=O) groups is 2. The number of esters is 2. The van der Waals surface area contributed by atoms with Crippen LogP contribution >= 0.6 is 12.4 Å². The molecular weight excluding hydrogens is 716 g/mol. The predicted octanol–water partition coefficient (Wildman–Crippen LogP) is 2.00. The number of sulfonamides is 2. The Labute approximate surface area is 306 Å². The van der Waals surface area contributed by atoms with Crippen LogP contribution in [0, 0.1) is 11.8 Å². The van der Waals surface area contributed by atoms with Crippen molar-refractivity contribution in [1.82, 2.24) is 9.44 Å². The van der Waals surface area contributed by atoms with E-state index in [9.17, 15) is 26.4 Å². The van der Waals surface area contributed by atoms with Crippen LogP contribution in [0.2, 0.25) is 0 Å². The molecule has 0 saturated carbocycles. The minimum absolute atomic E-state index is 0. The molecule has 0 aromatic carbocycles. The van der Waals surface area contributed by atoms with Gasteiger partial charge in [-0.1, -0.05) is 0 Å². The van der Waals surface area contributed by atoms with Crippen molar-refractivity contribution >= 4 is 44.4 Å². The van der Waals surface area contributed by atoms with Gasteiger partial charge in [0.2, 0.25) is 20.0 Å². The van der Waals surface area contributed by atoms with E-state index in [1.165, 1.54) is 0 Å². The van der Waals surface area contributed by atoms with Gasteiger partial charge in [-0.25, -0.2) is 26.3 Å². The number of ether oxygens (including phenoxy) is 5. The third-order valence-electron chi connectivity index (χ3n) is 7.49. The van der Waals surface area contributed by atoms with Gasteiger partial charge in [0.1, 0.15) is 11.2 Å². The van der Waals surface area contributed by atoms with E-state index in [2.05, 4.69) is 9.44 Å². The monoisotopic (exact) mass is 780 g/mol. The van der Waals surface area contributed by atoms with E-state index in [4.69, 9.17) is 35.2 Å². The molecule has 3 aliphatic heterocycles. The van der Waals surface area contributed by atoms with Crippen LogP contribution in [-0.2, 0) is 53.3 Å². The lowest BCUT2D eigenvalue weighted by Gasteiger charge is -2.29. The Balaban J connectivity index is 0.000000729. The molecule has 3 fully saturated rings. The van der Waals surface area contributed by atoms with Gasteiger partial charge in [0.25, 0.3) is 0 Å². The molecule has 0 bridgehead atoms. The van der Waals surface area contributed by atoms with Crippen molar-refractivity contribution in [3.05, 3.63) is 0 Å². The van der Waals surface area contributed by atoms with E-state index >= 15 is 0 Å². The van der Waals surface area contributed by atoms with Gasteiger partial charge in [0.15, 0.2) is 0 Å². The highest BCUT2D eigenvalue weighted by Gasteiger charge is 2.27. The van der Waals surface area contributed by atoms with E-state index < -0.39 is 31.2 Å². The van der Waals surface area contributed by atoms with Gasteiger partial charge in [0.05, 0.1) is 63.5 Å². The van der Waals surface area contributed by atoms with Crippen LogP contribution in [0.15, 0.2) is 0 Å². The first-order chi connectivity index (χ1) is 22.4. The SMILES string of the molecule is CC(C)(C)OC(=O)C[C@@H]1CC[C@@H](CN)OC1.CC(C)(C)OC(=O)C[C@@H]1CC[C@@H](CNS(C)(=O)=O)OC1.CS(=O)(=O)NC[C@@H]1CC[C@@H](N)CO1.Cl. The van der Waals surface area contributed by atoms with Crippen LogP contribution in [0.3, 0.4) is 0 Å². The number of carbonyl (C=O) groups excluding carboxylic acids is 2. The maximum atomic E-state index is 11.7. The molecule has 0 unspecified atom stereocenters. The van der Waals surface area contributed by atoms with E-state index in [0.717, 1.165) is 51.0 Å². The molecule has 0 amide bonds. The number of nitrogens with two attached hydrogens (primary N) is 2. The average Bonchev–Trinajstić information content (AvgIpc) is 2.95. The molecule has 0 aromatic rings. The van der Waals surface area contributed by atoms with Gasteiger partial charge in [-0.15, -0.1) is 12.4 Å². The smallest absolute Gasteiger partial charge is 0.306 e. The lowest BCUT2D eigenvalue weighted by Crippen LogP contribution is -2.41. The van der Waals surface area contributed by atoms with Crippen LogP contribution in [0.25, 0.3) is 0 Å². The van der Waals surface area contributed by atoms with Crippen LogP contribution in [0.1, 0.15) is 92.9 Å². The first kappa shape index (κ1) is 48.9. The average molecular weight is 781 g/mol. The summed E-state index contributed by atoms with van der Waals surface area (Å²) in [6.07, 6.45) is 8.38. The summed E-state index contributed by atoms with van der Waals surface area (Å²) in [6.45, 7) is 14.0. The molecule has 18 heteroatoms. The fraction of sp³-hybridized carbons (Fsp3) is 0.938. The Hall–Kier alpha value is -1.15. The van der Waals surface area contributed by atoms with Gasteiger partial charge in [-0.05, 0) is 91.9 Å². The molecule has 0 radical (unpaired) electrons. The van der Waals surface area contributed by atoms with Crippen LogP contribution in [-0.4, -0.2) is 116 Å². The van der Waals surface area contributed by atoms with Gasteiger partial charge in [-0.2, -0.15) is 0 Å². The molecule has 0 spiro atoms. The quantitative estimate of drug-likeness (QED) is 0.221. The van der Waals surface area contributed by atoms with Gasteiger partial charge >= 0.3 is 11.9 Å². The second-order valence-corrected chi connectivity index (χ2v) is 18.8. The van der Waals surface area contributed by atoms with E-state index in [1.807, 2.05) is 41.5 Å². The molecule has 3 heterocycles. The number of hydrogen-bond acceptors (Lipinski definition) is 13. The second-order valence-electron chi connectivity index (χ2n) is 15.1. The maximum Gasteiger partial charge on any atom is 0.306 e. The first-order valence-electron chi connectivity index (χ1n) is 17.1. The van der Waals surface area contributed by atoms with Gasteiger partial charge in [-0.3, -0.25) is 9.59 Å². The van der Waals surface area contributed by atoms with Crippen molar-refractivity contribution < 1.29 is 50.1 Å². The second kappa shape index (κ2) is 22.8. The zero-order valence-electron chi connectivity index (χ0n) is 31.2.